The van der Waals surface area contributed by atoms with E-state index in [1.54, 1.807) is 35.4 Å². The molecule has 2 heterocycles. The van der Waals surface area contributed by atoms with E-state index in [0.29, 0.717) is 48.6 Å². The number of benzene rings is 2. The van der Waals surface area contributed by atoms with Crippen LogP contribution in [0.3, 0.4) is 0 Å². The fourth-order valence-electron chi connectivity index (χ4n) is 3.45. The van der Waals surface area contributed by atoms with E-state index in [9.17, 15) is 4.79 Å². The number of nitrogens with one attached hydrogen (secondary N) is 1. The molecule has 0 radical (unpaired) electrons. The molecule has 31 heavy (non-hydrogen) atoms. The number of nitrogens with zero attached hydrogens (tertiary/aromatic N) is 3. The molecule has 0 bridgehead atoms. The second-order valence-corrected chi connectivity index (χ2v) is 7.28. The molecule has 1 atom stereocenters. The Balaban J connectivity index is 1.54. The predicted octanol–water partition coefficient (Wildman–Crippen LogP) is 4.48. The van der Waals surface area contributed by atoms with Gasteiger partial charge in [-0.05, 0) is 43.7 Å². The Morgan fingerprint density at radius 2 is 1.87 bits per heavy atom. The molecule has 0 fully saturated rings. The highest BCUT2D eigenvalue weighted by Gasteiger charge is 2.21. The van der Waals surface area contributed by atoms with Gasteiger partial charge in [0.1, 0.15) is 5.82 Å². The molecule has 1 amide bonds. The first kappa shape index (κ1) is 20.7. The van der Waals surface area contributed by atoms with Crippen molar-refractivity contribution >= 4 is 17.7 Å². The van der Waals surface area contributed by atoms with E-state index in [-0.39, 0.29) is 11.9 Å². The normalized spacial score (nSPS) is 13.7. The lowest BCUT2D eigenvalue weighted by Gasteiger charge is -2.21. The van der Waals surface area contributed by atoms with Crippen LogP contribution in [0.2, 0.25) is 0 Å². The summed E-state index contributed by atoms with van der Waals surface area (Å²) in [6.07, 6.45) is 2.48. The molecule has 4 rings (SSSR count). The number of fused-ring (bicyclic) bond motifs is 1. The van der Waals surface area contributed by atoms with Crippen LogP contribution in [-0.2, 0) is 0 Å². The van der Waals surface area contributed by atoms with Gasteiger partial charge < -0.3 is 14.8 Å². The maximum atomic E-state index is 13.3. The summed E-state index contributed by atoms with van der Waals surface area (Å²) in [6.45, 7) is 5.62. The van der Waals surface area contributed by atoms with Crippen molar-refractivity contribution in [1.82, 2.24) is 9.97 Å². The van der Waals surface area contributed by atoms with Gasteiger partial charge in [0.15, 0.2) is 11.5 Å². The minimum atomic E-state index is -0.154. The number of anilines is 2. The van der Waals surface area contributed by atoms with E-state index >= 15 is 0 Å². The highest BCUT2D eigenvalue weighted by molar-refractivity contribution is 6.06. The van der Waals surface area contributed by atoms with Crippen molar-refractivity contribution in [3.8, 4) is 11.5 Å². The minimum absolute atomic E-state index is 0.0314. The fraction of sp³-hybridized carbons (Fsp3) is 0.292. The number of amides is 1. The van der Waals surface area contributed by atoms with Crippen molar-refractivity contribution < 1.29 is 14.3 Å². The molecule has 1 aromatic heterocycles. The minimum Gasteiger partial charge on any atom is -0.490 e. The van der Waals surface area contributed by atoms with E-state index in [1.165, 1.54) is 0 Å². The molecule has 7 heteroatoms. The van der Waals surface area contributed by atoms with Gasteiger partial charge in [-0.3, -0.25) is 9.69 Å². The van der Waals surface area contributed by atoms with E-state index in [1.807, 2.05) is 44.2 Å². The Labute approximate surface area is 182 Å². The lowest BCUT2D eigenvalue weighted by Crippen LogP contribution is -2.31. The summed E-state index contributed by atoms with van der Waals surface area (Å²) in [7, 11) is 0. The second kappa shape index (κ2) is 9.47. The summed E-state index contributed by atoms with van der Waals surface area (Å²) in [4.78, 5) is 23.8. The Morgan fingerprint density at radius 3 is 2.65 bits per heavy atom. The monoisotopic (exact) mass is 418 g/mol. The van der Waals surface area contributed by atoms with E-state index in [0.717, 1.165) is 12.0 Å². The lowest BCUT2D eigenvalue weighted by molar-refractivity contribution is 0.0987. The topological polar surface area (TPSA) is 76.6 Å². The zero-order valence-electron chi connectivity index (χ0n) is 17.7. The van der Waals surface area contributed by atoms with Gasteiger partial charge in [-0.25, -0.2) is 4.98 Å². The van der Waals surface area contributed by atoms with Gasteiger partial charge in [0, 0.05) is 24.7 Å². The third-order valence-corrected chi connectivity index (χ3v) is 5.12. The van der Waals surface area contributed by atoms with Crippen LogP contribution in [0.5, 0.6) is 11.5 Å². The van der Waals surface area contributed by atoms with E-state index in [2.05, 4.69) is 15.3 Å². The van der Waals surface area contributed by atoms with E-state index < -0.39 is 0 Å². The zero-order chi connectivity index (χ0) is 21.6. The number of carbonyl (C=O) groups is 1. The van der Waals surface area contributed by atoms with Crippen LogP contribution in [0.4, 0.5) is 11.8 Å². The number of rotatable bonds is 6. The third-order valence-electron chi connectivity index (χ3n) is 5.12. The molecule has 0 spiro atoms. The van der Waals surface area contributed by atoms with Gasteiger partial charge in [0.25, 0.3) is 5.91 Å². The molecule has 160 valence electrons. The van der Waals surface area contributed by atoms with Crippen molar-refractivity contribution in [2.45, 2.75) is 26.3 Å². The average Bonchev–Trinajstić information content (AvgIpc) is 3.05. The van der Waals surface area contributed by atoms with Gasteiger partial charge in [-0.2, -0.15) is 4.98 Å². The highest BCUT2D eigenvalue weighted by Crippen LogP contribution is 2.31. The predicted molar refractivity (Wildman–Crippen MR) is 120 cm³/mol. The molecular formula is C24H26N4O3. The summed E-state index contributed by atoms with van der Waals surface area (Å²) in [5, 5.41) is 3.31. The standard InChI is InChI=1S/C24H26N4O3/c1-3-28(23(29)19-10-11-20-21(16-19)31-15-7-14-30-20)22-12-13-25-24(27-22)26-17(2)18-8-5-4-6-9-18/h4-6,8-13,16-17H,3,7,14-15H2,1-2H3,(H,25,26,27)/t17-/m0/s1. The SMILES string of the molecule is CCN(C(=O)c1ccc2c(c1)OCCCO2)c1ccnc(N[C@@H](C)c2ccccc2)n1. The Hall–Kier alpha value is -3.61. The van der Waals surface area contributed by atoms with Crippen LogP contribution in [0.25, 0.3) is 0 Å². The molecule has 0 saturated heterocycles. The van der Waals surface area contributed by atoms with Crippen LogP contribution < -0.4 is 19.7 Å². The highest BCUT2D eigenvalue weighted by atomic mass is 16.5. The molecule has 1 aliphatic rings. The van der Waals surface area contributed by atoms with Gasteiger partial charge in [-0.1, -0.05) is 30.3 Å². The van der Waals surface area contributed by atoms with Crippen molar-refractivity contribution in [3.63, 3.8) is 0 Å². The van der Waals surface area contributed by atoms with Crippen molar-refractivity contribution in [2.75, 3.05) is 30.0 Å². The number of hydrogen-bond acceptors (Lipinski definition) is 6. The van der Waals surface area contributed by atoms with E-state index in [4.69, 9.17) is 9.47 Å². The Bertz CT molecular complexity index is 1040. The summed E-state index contributed by atoms with van der Waals surface area (Å²) >= 11 is 0. The van der Waals surface area contributed by atoms with Crippen molar-refractivity contribution in [2.24, 2.45) is 0 Å². The maximum absolute atomic E-state index is 13.3. The first-order chi connectivity index (χ1) is 15.2. The van der Waals surface area contributed by atoms with Crippen LogP contribution in [-0.4, -0.2) is 35.6 Å². The number of aromatic nitrogens is 2. The lowest BCUT2D eigenvalue weighted by atomic mass is 10.1. The first-order valence-electron chi connectivity index (χ1n) is 10.5. The second-order valence-electron chi connectivity index (χ2n) is 7.28. The number of carbonyl (C=O) groups excluding carboxylic acids is 1. The van der Waals surface area contributed by atoms with Gasteiger partial charge >= 0.3 is 0 Å². The number of hydrogen-bond donors (Lipinski definition) is 1. The quantitative estimate of drug-likeness (QED) is 0.636. The zero-order valence-corrected chi connectivity index (χ0v) is 17.7. The molecule has 1 aliphatic heterocycles. The first-order valence-corrected chi connectivity index (χ1v) is 10.5. The molecule has 0 aliphatic carbocycles. The largest absolute Gasteiger partial charge is 0.490 e. The summed E-state index contributed by atoms with van der Waals surface area (Å²) in [5.41, 5.74) is 1.66. The summed E-state index contributed by atoms with van der Waals surface area (Å²) in [6, 6.07) is 17.1. The fourth-order valence-corrected chi connectivity index (χ4v) is 3.45. The Kier molecular flexibility index (Phi) is 6.31. The van der Waals surface area contributed by atoms with Crippen molar-refractivity contribution in [1.29, 1.82) is 0 Å². The maximum Gasteiger partial charge on any atom is 0.259 e. The smallest absolute Gasteiger partial charge is 0.259 e. The van der Waals surface area contributed by atoms with Gasteiger partial charge in [-0.15, -0.1) is 0 Å². The van der Waals surface area contributed by atoms with Crippen LogP contribution in [0, 0.1) is 0 Å². The molecule has 7 nitrogen and oxygen atoms in total. The Morgan fingerprint density at radius 1 is 1.10 bits per heavy atom. The van der Waals surface area contributed by atoms with Crippen molar-refractivity contribution in [3.05, 3.63) is 71.9 Å². The molecule has 1 N–H and O–H groups in total. The van der Waals surface area contributed by atoms with Crippen LogP contribution >= 0.6 is 0 Å². The summed E-state index contributed by atoms with van der Waals surface area (Å²) in [5.74, 6) is 2.12. The van der Waals surface area contributed by atoms with Crippen LogP contribution in [0.1, 0.15) is 42.2 Å². The molecular weight excluding hydrogens is 392 g/mol. The molecule has 3 aromatic rings. The van der Waals surface area contributed by atoms with Gasteiger partial charge in [0.2, 0.25) is 5.95 Å². The molecule has 2 aromatic carbocycles. The third kappa shape index (κ3) is 4.77. The summed E-state index contributed by atoms with van der Waals surface area (Å²) < 4.78 is 11.4. The molecule has 0 unspecified atom stereocenters. The number of ether oxygens (including phenoxy) is 2. The van der Waals surface area contributed by atoms with Gasteiger partial charge in [0.05, 0.1) is 19.3 Å². The average molecular weight is 418 g/mol. The van der Waals surface area contributed by atoms with Crippen LogP contribution in [0.15, 0.2) is 60.8 Å². The molecule has 0 saturated carbocycles.